The molecule has 6 rings (SSSR count). The molecule has 0 spiro atoms. The molecule has 3 aliphatic heterocycles. The fraction of sp³-hybridized carbons (Fsp3) is 0.400. The monoisotopic (exact) mass is 514 g/mol. The molecule has 0 radical (unpaired) electrons. The van der Waals surface area contributed by atoms with Gasteiger partial charge in [0.05, 0.1) is 31.5 Å². The molecule has 8 nitrogen and oxygen atoms in total. The van der Waals surface area contributed by atoms with E-state index in [1.807, 2.05) is 47.5 Å². The number of piperazine rings is 1. The van der Waals surface area contributed by atoms with Gasteiger partial charge in [-0.25, -0.2) is 0 Å². The quantitative estimate of drug-likeness (QED) is 0.466. The van der Waals surface area contributed by atoms with Gasteiger partial charge in [-0.05, 0) is 72.1 Å². The van der Waals surface area contributed by atoms with E-state index in [0.717, 1.165) is 74.3 Å². The minimum atomic E-state index is 0.0639. The molecule has 3 aliphatic rings. The number of methoxy groups -OCH3 is 2. The lowest BCUT2D eigenvalue weighted by Gasteiger charge is -2.36. The first kappa shape index (κ1) is 24.6. The Morgan fingerprint density at radius 2 is 1.66 bits per heavy atom. The van der Waals surface area contributed by atoms with Crippen LogP contribution in [0.15, 0.2) is 53.5 Å². The summed E-state index contributed by atoms with van der Waals surface area (Å²) in [6.07, 6.45) is 3.93. The molecule has 0 aliphatic carbocycles. The van der Waals surface area contributed by atoms with Crippen LogP contribution in [0, 0.1) is 0 Å². The Kier molecular flexibility index (Phi) is 6.81. The van der Waals surface area contributed by atoms with Gasteiger partial charge < -0.3 is 24.0 Å². The molecule has 1 atom stereocenters. The highest BCUT2D eigenvalue weighted by molar-refractivity contribution is 6.07. The number of aliphatic imine (C=N–C) groups is 1. The number of fused-ring (bicyclic) bond motifs is 3. The van der Waals surface area contributed by atoms with Gasteiger partial charge >= 0.3 is 0 Å². The van der Waals surface area contributed by atoms with Crippen LogP contribution in [-0.4, -0.2) is 88.1 Å². The van der Waals surface area contributed by atoms with Crippen LogP contribution in [0.5, 0.6) is 17.2 Å². The summed E-state index contributed by atoms with van der Waals surface area (Å²) in [5.41, 5.74) is 2.61. The van der Waals surface area contributed by atoms with Crippen molar-refractivity contribution in [1.82, 2.24) is 9.80 Å². The normalized spacial score (nSPS) is 19.3. The second kappa shape index (κ2) is 10.5. The number of amides is 1. The van der Waals surface area contributed by atoms with Crippen molar-refractivity contribution in [2.75, 3.05) is 65.0 Å². The molecule has 0 saturated carbocycles. The summed E-state index contributed by atoms with van der Waals surface area (Å²) in [7, 11) is 3.35. The average molecular weight is 515 g/mol. The van der Waals surface area contributed by atoms with E-state index in [-0.39, 0.29) is 11.9 Å². The Morgan fingerprint density at radius 1 is 0.895 bits per heavy atom. The van der Waals surface area contributed by atoms with Crippen molar-refractivity contribution in [1.29, 1.82) is 0 Å². The number of rotatable bonds is 7. The van der Waals surface area contributed by atoms with Crippen LogP contribution in [0.4, 0.5) is 11.4 Å². The van der Waals surface area contributed by atoms with Crippen molar-refractivity contribution >= 4 is 34.3 Å². The topological polar surface area (TPSA) is 66.8 Å². The lowest BCUT2D eigenvalue weighted by Crippen LogP contribution is -2.47. The van der Waals surface area contributed by atoms with Crippen molar-refractivity contribution in [3.05, 3.63) is 54.1 Å². The number of carbonyl (C=O) groups excluding carboxylic acids is 1. The Labute approximate surface area is 223 Å². The standard InChI is InChI=1S/C30H34N4O4/c1-36-25-7-5-23(6-8-25)33-12-10-32(11-13-33)14-15-38-29-19-21-16-26-27(17-22(21)18-28(29)37-2)31-20-24-4-3-9-34(24)30(26)35/h5-8,16-20,24H,3-4,9-15H2,1-2H3. The molecule has 198 valence electrons. The van der Waals surface area contributed by atoms with Crippen molar-refractivity contribution in [3.8, 4) is 17.2 Å². The molecule has 0 N–H and O–H groups in total. The van der Waals surface area contributed by atoms with Crippen molar-refractivity contribution in [2.24, 2.45) is 4.99 Å². The summed E-state index contributed by atoms with van der Waals surface area (Å²) in [5.74, 6) is 2.32. The van der Waals surface area contributed by atoms with Gasteiger partial charge in [0.15, 0.2) is 11.5 Å². The molecule has 3 heterocycles. The lowest BCUT2D eigenvalue weighted by atomic mass is 10.0. The van der Waals surface area contributed by atoms with Gasteiger partial charge in [-0.3, -0.25) is 14.7 Å². The van der Waals surface area contributed by atoms with E-state index in [0.29, 0.717) is 23.7 Å². The molecule has 2 saturated heterocycles. The van der Waals surface area contributed by atoms with E-state index >= 15 is 0 Å². The second-order valence-electron chi connectivity index (χ2n) is 10.1. The number of hydrogen-bond donors (Lipinski definition) is 0. The first-order valence-corrected chi connectivity index (χ1v) is 13.4. The third-order valence-electron chi connectivity index (χ3n) is 7.89. The first-order chi connectivity index (χ1) is 18.6. The fourth-order valence-electron chi connectivity index (χ4n) is 5.67. The van der Waals surface area contributed by atoms with Gasteiger partial charge in [-0.1, -0.05) is 0 Å². The van der Waals surface area contributed by atoms with Gasteiger partial charge in [0.1, 0.15) is 12.4 Å². The van der Waals surface area contributed by atoms with Gasteiger partial charge in [0.2, 0.25) is 0 Å². The number of hydrogen-bond acceptors (Lipinski definition) is 7. The molecular weight excluding hydrogens is 480 g/mol. The van der Waals surface area contributed by atoms with E-state index in [4.69, 9.17) is 14.2 Å². The van der Waals surface area contributed by atoms with Crippen LogP contribution in [-0.2, 0) is 0 Å². The third kappa shape index (κ3) is 4.76. The van der Waals surface area contributed by atoms with Crippen molar-refractivity contribution < 1.29 is 19.0 Å². The SMILES string of the molecule is COc1ccc(N2CCN(CCOc3cc4cc5c(cc4cc3OC)N=CC3CCCN3C5=O)CC2)cc1. The number of anilines is 1. The molecular formula is C30H34N4O4. The van der Waals surface area contributed by atoms with E-state index in [2.05, 4.69) is 26.9 Å². The molecule has 0 bridgehead atoms. The minimum Gasteiger partial charge on any atom is -0.497 e. The summed E-state index contributed by atoms with van der Waals surface area (Å²) in [4.78, 5) is 24.7. The maximum absolute atomic E-state index is 13.2. The summed E-state index contributed by atoms with van der Waals surface area (Å²) >= 11 is 0. The number of carbonyl (C=O) groups is 1. The van der Waals surface area contributed by atoms with Crippen molar-refractivity contribution in [3.63, 3.8) is 0 Å². The van der Waals surface area contributed by atoms with Crippen LogP contribution in [0.1, 0.15) is 23.2 Å². The van der Waals surface area contributed by atoms with Gasteiger partial charge in [0.25, 0.3) is 5.91 Å². The minimum absolute atomic E-state index is 0.0639. The van der Waals surface area contributed by atoms with E-state index in [9.17, 15) is 4.79 Å². The molecule has 1 unspecified atom stereocenters. The molecule has 3 aromatic carbocycles. The van der Waals surface area contributed by atoms with Crippen LogP contribution in [0.2, 0.25) is 0 Å². The van der Waals surface area contributed by atoms with Crippen LogP contribution < -0.4 is 19.1 Å². The van der Waals surface area contributed by atoms with Gasteiger partial charge in [-0.2, -0.15) is 0 Å². The molecule has 2 fully saturated rings. The van der Waals surface area contributed by atoms with Gasteiger partial charge in [0, 0.05) is 51.2 Å². The largest absolute Gasteiger partial charge is 0.497 e. The Morgan fingerprint density at radius 3 is 2.42 bits per heavy atom. The Hall–Kier alpha value is -3.78. The second-order valence-corrected chi connectivity index (χ2v) is 10.1. The van der Waals surface area contributed by atoms with Gasteiger partial charge in [-0.15, -0.1) is 0 Å². The van der Waals surface area contributed by atoms with Crippen LogP contribution in [0.25, 0.3) is 10.8 Å². The highest BCUT2D eigenvalue weighted by Crippen LogP contribution is 2.37. The van der Waals surface area contributed by atoms with Crippen LogP contribution >= 0.6 is 0 Å². The molecule has 3 aromatic rings. The lowest BCUT2D eigenvalue weighted by molar-refractivity contribution is 0.0775. The zero-order valence-electron chi connectivity index (χ0n) is 22.1. The van der Waals surface area contributed by atoms with E-state index in [1.54, 1.807) is 14.2 Å². The summed E-state index contributed by atoms with van der Waals surface area (Å²) in [6, 6.07) is 16.3. The summed E-state index contributed by atoms with van der Waals surface area (Å²) in [6.45, 7) is 6.11. The summed E-state index contributed by atoms with van der Waals surface area (Å²) in [5, 5.41) is 1.93. The van der Waals surface area contributed by atoms with Crippen molar-refractivity contribution in [2.45, 2.75) is 18.9 Å². The average Bonchev–Trinajstić information content (AvgIpc) is 3.39. The first-order valence-electron chi connectivity index (χ1n) is 13.4. The molecule has 8 heteroatoms. The zero-order valence-corrected chi connectivity index (χ0v) is 22.1. The molecule has 1 amide bonds. The van der Waals surface area contributed by atoms with E-state index < -0.39 is 0 Å². The van der Waals surface area contributed by atoms with E-state index in [1.165, 1.54) is 5.69 Å². The number of benzene rings is 3. The predicted molar refractivity (Wildman–Crippen MR) is 150 cm³/mol. The molecule has 0 aromatic heterocycles. The third-order valence-corrected chi connectivity index (χ3v) is 7.89. The maximum atomic E-state index is 13.2. The number of ether oxygens (including phenoxy) is 3. The Balaban J connectivity index is 1.11. The highest BCUT2D eigenvalue weighted by atomic mass is 16.5. The fourth-order valence-corrected chi connectivity index (χ4v) is 5.67. The Bertz CT molecular complexity index is 1350. The number of nitrogens with zero attached hydrogens (tertiary/aromatic N) is 4. The predicted octanol–water partition coefficient (Wildman–Crippen LogP) is 4.38. The smallest absolute Gasteiger partial charge is 0.256 e. The molecule has 38 heavy (non-hydrogen) atoms. The highest BCUT2D eigenvalue weighted by Gasteiger charge is 2.32. The zero-order chi connectivity index (χ0) is 26.1. The summed E-state index contributed by atoms with van der Waals surface area (Å²) < 4.78 is 17.2. The maximum Gasteiger partial charge on any atom is 0.256 e. The van der Waals surface area contributed by atoms with Crippen LogP contribution in [0.3, 0.4) is 0 Å².